The second-order valence-electron chi connectivity index (χ2n) is 3.51. The van der Waals surface area contributed by atoms with Crippen molar-refractivity contribution in [2.75, 3.05) is 0 Å². The van der Waals surface area contributed by atoms with E-state index in [1.807, 2.05) is 0 Å². The highest BCUT2D eigenvalue weighted by atomic mass is 19.2. The summed E-state index contributed by atoms with van der Waals surface area (Å²) in [5.74, 6) is -3.23. The van der Waals surface area contributed by atoms with Crippen LogP contribution in [0.15, 0.2) is 36.8 Å². The maximum Gasteiger partial charge on any atom is 0.254 e. The minimum absolute atomic E-state index is 0.191. The number of hydrogen-bond acceptors (Lipinski definition) is 3. The number of aromatic nitrogens is 2. The zero-order valence-corrected chi connectivity index (χ0v) is 9.23. The summed E-state index contributed by atoms with van der Waals surface area (Å²) in [6.45, 7) is 0.191. The van der Waals surface area contributed by atoms with Crippen molar-refractivity contribution in [3.05, 3.63) is 59.7 Å². The summed E-state index contributed by atoms with van der Waals surface area (Å²) in [4.78, 5) is 18.6. The Balaban J connectivity index is 2.07. The van der Waals surface area contributed by atoms with Gasteiger partial charge in [-0.05, 0) is 17.7 Å². The highest BCUT2D eigenvalue weighted by molar-refractivity contribution is 5.94. The molecule has 2 aromatic heterocycles. The third kappa shape index (κ3) is 2.65. The number of nitrogens with zero attached hydrogens (tertiary/aromatic N) is 2. The Morgan fingerprint density at radius 1 is 1.28 bits per heavy atom. The standard InChI is InChI=1S/C12H9F2N3O/c13-10-9(3-5-16-11(10)14)12(18)17-7-8-2-1-4-15-6-8/h1-6H,7H2,(H,17,18). The lowest BCUT2D eigenvalue weighted by Gasteiger charge is -2.05. The van der Waals surface area contributed by atoms with Crippen LogP contribution in [-0.2, 0) is 6.54 Å². The molecule has 0 bridgehead atoms. The van der Waals surface area contributed by atoms with Gasteiger partial charge in [0.25, 0.3) is 5.91 Å². The van der Waals surface area contributed by atoms with Crippen LogP contribution < -0.4 is 5.32 Å². The van der Waals surface area contributed by atoms with Crippen molar-refractivity contribution >= 4 is 5.91 Å². The summed E-state index contributed by atoms with van der Waals surface area (Å²) in [6.07, 6.45) is 4.21. The first-order valence-electron chi connectivity index (χ1n) is 5.15. The average molecular weight is 249 g/mol. The summed E-state index contributed by atoms with van der Waals surface area (Å²) < 4.78 is 26.1. The topological polar surface area (TPSA) is 54.9 Å². The highest BCUT2D eigenvalue weighted by Crippen LogP contribution is 2.08. The number of rotatable bonds is 3. The molecule has 0 radical (unpaired) electrons. The molecular formula is C12H9F2N3O. The molecule has 1 amide bonds. The molecule has 2 aromatic rings. The SMILES string of the molecule is O=C(NCc1cccnc1)c1ccnc(F)c1F. The third-order valence-electron chi connectivity index (χ3n) is 2.27. The van der Waals surface area contributed by atoms with E-state index in [-0.39, 0.29) is 12.1 Å². The van der Waals surface area contributed by atoms with E-state index in [4.69, 9.17) is 0 Å². The van der Waals surface area contributed by atoms with Gasteiger partial charge in [0.2, 0.25) is 5.95 Å². The Morgan fingerprint density at radius 3 is 2.83 bits per heavy atom. The fourth-order valence-electron chi connectivity index (χ4n) is 1.37. The van der Waals surface area contributed by atoms with Crippen LogP contribution >= 0.6 is 0 Å². The van der Waals surface area contributed by atoms with Crippen molar-refractivity contribution in [1.29, 1.82) is 0 Å². The third-order valence-corrected chi connectivity index (χ3v) is 2.27. The van der Waals surface area contributed by atoms with Gasteiger partial charge in [-0.1, -0.05) is 6.07 Å². The minimum Gasteiger partial charge on any atom is -0.348 e. The second-order valence-corrected chi connectivity index (χ2v) is 3.51. The molecule has 0 saturated carbocycles. The predicted octanol–water partition coefficient (Wildman–Crippen LogP) is 1.68. The van der Waals surface area contributed by atoms with Gasteiger partial charge in [0.05, 0.1) is 5.56 Å². The molecule has 4 nitrogen and oxygen atoms in total. The first kappa shape index (κ1) is 12.1. The number of amides is 1. The second kappa shape index (κ2) is 5.31. The van der Waals surface area contributed by atoms with Gasteiger partial charge in [-0.3, -0.25) is 9.78 Å². The molecule has 0 fully saturated rings. The van der Waals surface area contributed by atoms with Crippen molar-refractivity contribution in [1.82, 2.24) is 15.3 Å². The van der Waals surface area contributed by atoms with Crippen LogP contribution in [0.25, 0.3) is 0 Å². The summed E-state index contributed by atoms with van der Waals surface area (Å²) in [5, 5.41) is 2.47. The predicted molar refractivity (Wildman–Crippen MR) is 59.6 cm³/mol. The van der Waals surface area contributed by atoms with Gasteiger partial charge in [0, 0.05) is 25.1 Å². The summed E-state index contributed by atoms with van der Waals surface area (Å²) in [7, 11) is 0. The lowest BCUT2D eigenvalue weighted by atomic mass is 10.2. The molecule has 2 heterocycles. The first-order chi connectivity index (χ1) is 8.68. The molecule has 0 aliphatic carbocycles. The first-order valence-corrected chi connectivity index (χ1v) is 5.15. The molecule has 6 heteroatoms. The van der Waals surface area contributed by atoms with Crippen molar-refractivity contribution < 1.29 is 13.6 Å². The summed E-state index contributed by atoms with van der Waals surface area (Å²) in [6, 6.07) is 4.60. The molecule has 0 aromatic carbocycles. The molecule has 0 atom stereocenters. The lowest BCUT2D eigenvalue weighted by molar-refractivity contribution is 0.0945. The van der Waals surface area contributed by atoms with E-state index < -0.39 is 17.7 Å². The van der Waals surface area contributed by atoms with E-state index >= 15 is 0 Å². The molecular weight excluding hydrogens is 240 g/mol. The summed E-state index contributed by atoms with van der Waals surface area (Å²) in [5.41, 5.74) is 0.396. The van der Waals surface area contributed by atoms with E-state index in [0.29, 0.717) is 0 Å². The smallest absolute Gasteiger partial charge is 0.254 e. The number of carbonyl (C=O) groups is 1. The maximum atomic E-state index is 13.3. The van der Waals surface area contributed by atoms with Crippen molar-refractivity contribution in [3.8, 4) is 0 Å². The van der Waals surface area contributed by atoms with E-state index in [9.17, 15) is 13.6 Å². The zero-order valence-electron chi connectivity index (χ0n) is 9.23. The Bertz CT molecular complexity index is 561. The van der Waals surface area contributed by atoms with Gasteiger partial charge < -0.3 is 5.32 Å². The Morgan fingerprint density at radius 2 is 2.11 bits per heavy atom. The normalized spacial score (nSPS) is 10.1. The van der Waals surface area contributed by atoms with E-state index in [1.165, 1.54) is 0 Å². The molecule has 2 rings (SSSR count). The Hall–Kier alpha value is -2.37. The van der Waals surface area contributed by atoms with Crippen molar-refractivity contribution in [3.63, 3.8) is 0 Å². The molecule has 0 aliphatic rings. The van der Waals surface area contributed by atoms with Gasteiger partial charge in [0.15, 0.2) is 5.82 Å². The molecule has 0 aliphatic heterocycles. The van der Waals surface area contributed by atoms with Crippen LogP contribution in [0.1, 0.15) is 15.9 Å². The van der Waals surface area contributed by atoms with Crippen LogP contribution in [0.2, 0.25) is 0 Å². The van der Waals surface area contributed by atoms with E-state index in [2.05, 4.69) is 15.3 Å². The quantitative estimate of drug-likeness (QED) is 0.842. The van der Waals surface area contributed by atoms with E-state index in [1.54, 1.807) is 24.5 Å². The number of nitrogens with one attached hydrogen (secondary N) is 1. The van der Waals surface area contributed by atoms with Gasteiger partial charge >= 0.3 is 0 Å². The lowest BCUT2D eigenvalue weighted by Crippen LogP contribution is -2.24. The molecule has 1 N–H and O–H groups in total. The number of pyridine rings is 2. The van der Waals surface area contributed by atoms with Crippen LogP contribution in [0.4, 0.5) is 8.78 Å². The number of halogens is 2. The largest absolute Gasteiger partial charge is 0.348 e. The van der Waals surface area contributed by atoms with Crippen molar-refractivity contribution in [2.24, 2.45) is 0 Å². The fraction of sp³-hybridized carbons (Fsp3) is 0.0833. The van der Waals surface area contributed by atoms with Crippen LogP contribution in [0, 0.1) is 11.8 Å². The van der Waals surface area contributed by atoms with Gasteiger partial charge in [0.1, 0.15) is 0 Å². The number of hydrogen-bond donors (Lipinski definition) is 1. The monoisotopic (exact) mass is 249 g/mol. The van der Waals surface area contributed by atoms with Crippen LogP contribution in [-0.4, -0.2) is 15.9 Å². The molecule has 0 saturated heterocycles. The summed E-state index contributed by atoms with van der Waals surface area (Å²) >= 11 is 0. The highest BCUT2D eigenvalue weighted by Gasteiger charge is 2.15. The van der Waals surface area contributed by atoms with Crippen molar-refractivity contribution in [2.45, 2.75) is 6.54 Å². The zero-order chi connectivity index (χ0) is 13.0. The number of carbonyl (C=O) groups excluding carboxylic acids is 1. The molecule has 0 unspecified atom stereocenters. The maximum absolute atomic E-state index is 13.3. The Kier molecular flexibility index (Phi) is 3.57. The Labute approximate surface area is 102 Å². The van der Waals surface area contributed by atoms with Gasteiger partial charge in [-0.15, -0.1) is 0 Å². The fourth-order valence-corrected chi connectivity index (χ4v) is 1.37. The van der Waals surface area contributed by atoms with Crippen LogP contribution in [0.3, 0.4) is 0 Å². The molecule has 0 spiro atoms. The molecule has 18 heavy (non-hydrogen) atoms. The molecule has 92 valence electrons. The van der Waals surface area contributed by atoms with E-state index in [0.717, 1.165) is 17.8 Å². The average Bonchev–Trinajstić information content (AvgIpc) is 2.40. The van der Waals surface area contributed by atoms with Gasteiger partial charge in [-0.2, -0.15) is 4.39 Å². The minimum atomic E-state index is -1.29. The van der Waals surface area contributed by atoms with Crippen LogP contribution in [0.5, 0.6) is 0 Å². The van der Waals surface area contributed by atoms with Gasteiger partial charge in [-0.25, -0.2) is 9.37 Å².